The molecule has 0 atom stereocenters. The molecule has 2 aliphatic carbocycles. The molecule has 0 spiro atoms. The van der Waals surface area contributed by atoms with E-state index in [0.717, 1.165) is 12.2 Å². The van der Waals surface area contributed by atoms with Crippen molar-refractivity contribution >= 4 is 0 Å². The Morgan fingerprint density at radius 1 is 0.611 bits per heavy atom. The fourth-order valence-electron chi connectivity index (χ4n) is 2.98. The van der Waals surface area contributed by atoms with Crippen LogP contribution >= 0.6 is 0 Å². The van der Waals surface area contributed by atoms with Gasteiger partial charge in [0.05, 0.1) is 11.1 Å². The Bertz CT molecular complexity index is 1470. The van der Waals surface area contributed by atoms with Gasteiger partial charge in [0.25, 0.3) is 0 Å². The van der Waals surface area contributed by atoms with Crippen molar-refractivity contribution in [1.29, 1.82) is 31.6 Å². The summed E-state index contributed by atoms with van der Waals surface area (Å²) in [5.74, 6) is -2.54. The van der Waals surface area contributed by atoms with Gasteiger partial charge in [-0.2, -0.15) is 31.6 Å². The fraction of sp³-hybridized carbons (Fsp3) is 0.0909. The fourth-order valence-corrected chi connectivity index (χ4v) is 2.98. The molecule has 0 aromatic carbocycles. The van der Waals surface area contributed by atoms with E-state index in [1.165, 1.54) is 36.4 Å². The Balaban J connectivity index is 3.09. The Morgan fingerprint density at radius 2 is 1.11 bits per heavy atom. The molecule has 0 heterocycles. The molecule has 0 aromatic rings. The third-order valence-corrected chi connectivity index (χ3v) is 4.24. The van der Waals surface area contributed by atoms with E-state index < -0.39 is 68.8 Å². The second-order valence-electron chi connectivity index (χ2n) is 6.25. The molecule has 2 aliphatic rings. The average Bonchev–Trinajstić information content (AvgIpc) is 3.09. The monoisotopic (exact) mass is 498 g/mol. The first-order valence-electron chi connectivity index (χ1n) is 8.86. The molecule has 176 valence electrons. The number of nitrogens with zero attached hydrogens (tertiary/aromatic N) is 6. The van der Waals surface area contributed by atoms with Crippen molar-refractivity contribution in [3.05, 3.63) is 80.4 Å². The van der Waals surface area contributed by atoms with Crippen molar-refractivity contribution < 1.29 is 35.8 Å². The van der Waals surface area contributed by atoms with Crippen molar-refractivity contribution in [2.45, 2.75) is 12.7 Å². The lowest BCUT2D eigenvalue weighted by Gasteiger charge is -2.15. The predicted octanol–water partition coefficient (Wildman–Crippen LogP) is 4.74. The quantitative estimate of drug-likeness (QED) is 0.390. The summed E-state index contributed by atoms with van der Waals surface area (Å²) in [5, 5.41) is 55.9. The number of hydrogen-bond donors (Lipinski definition) is 0. The van der Waals surface area contributed by atoms with Gasteiger partial charge in [-0.3, -0.25) is 0 Å². The molecule has 0 amide bonds. The molecule has 0 radical (unpaired) electrons. The van der Waals surface area contributed by atoms with Crippen molar-refractivity contribution in [2.75, 3.05) is 0 Å². The van der Waals surface area contributed by atoms with E-state index in [-0.39, 0.29) is 0 Å². The summed E-state index contributed by atoms with van der Waals surface area (Å²) >= 11 is 0. The van der Waals surface area contributed by atoms with Crippen LogP contribution in [-0.4, -0.2) is 12.7 Å². The highest BCUT2D eigenvalue weighted by molar-refractivity contribution is 5.77. The summed E-state index contributed by atoms with van der Waals surface area (Å²) in [6, 6.07) is 8.06. The van der Waals surface area contributed by atoms with Crippen LogP contribution in [0.15, 0.2) is 80.4 Å². The van der Waals surface area contributed by atoms with E-state index >= 15 is 0 Å². The largest absolute Gasteiger partial charge is 0.573 e. The van der Waals surface area contributed by atoms with Gasteiger partial charge in [0, 0.05) is 11.1 Å². The van der Waals surface area contributed by atoms with Gasteiger partial charge >= 0.3 is 12.7 Å². The molecule has 8 nitrogen and oxygen atoms in total. The second-order valence-corrected chi connectivity index (χ2v) is 6.25. The second kappa shape index (κ2) is 10.1. The minimum atomic E-state index is -5.41. The first kappa shape index (κ1) is 26.6. The van der Waals surface area contributed by atoms with Crippen LogP contribution in [0.5, 0.6) is 0 Å². The molecule has 0 aromatic heterocycles. The maximum absolute atomic E-state index is 13.1. The van der Waals surface area contributed by atoms with Crippen LogP contribution in [0.25, 0.3) is 0 Å². The number of allylic oxidation sites excluding steroid dienone is 10. The SMILES string of the molecule is N#CC(C#N)=C1C2=C(/C=C/C(C#N)=C(/OC(F)(F)F)C(=C(C#N)C#N)/C=C/2)C(C#N)=C1OC(F)(F)F. The highest BCUT2D eigenvalue weighted by atomic mass is 19.4. The van der Waals surface area contributed by atoms with E-state index in [2.05, 4.69) is 9.47 Å². The molecule has 0 saturated carbocycles. The van der Waals surface area contributed by atoms with Crippen LogP contribution in [0.3, 0.4) is 0 Å². The molecule has 2 rings (SSSR count). The summed E-state index contributed by atoms with van der Waals surface area (Å²) in [6.45, 7) is 0. The summed E-state index contributed by atoms with van der Waals surface area (Å²) < 4.78 is 86.2. The van der Waals surface area contributed by atoms with Crippen LogP contribution in [0.4, 0.5) is 26.3 Å². The Hall–Kier alpha value is -5.70. The van der Waals surface area contributed by atoms with Gasteiger partial charge in [-0.05, 0) is 17.7 Å². The molecule has 36 heavy (non-hydrogen) atoms. The van der Waals surface area contributed by atoms with Crippen molar-refractivity contribution in [1.82, 2.24) is 0 Å². The van der Waals surface area contributed by atoms with Gasteiger partial charge in [-0.1, -0.05) is 12.2 Å². The molecule has 0 aliphatic heterocycles. The van der Waals surface area contributed by atoms with Crippen molar-refractivity contribution in [3.63, 3.8) is 0 Å². The van der Waals surface area contributed by atoms with Gasteiger partial charge in [-0.15, -0.1) is 26.3 Å². The number of hydrogen-bond acceptors (Lipinski definition) is 8. The lowest BCUT2D eigenvalue weighted by molar-refractivity contribution is -0.304. The standard InChI is InChI=1S/C22H4F6N6O2/c23-21(24,25)35-19-11(5-29)1-2-15-16(4-3-14(19)12(6-30)7-31)18(13(8-32)9-33)20(17(15)10-34)36-22(26,27)28/h1-4H/b2-1+,4-3+,19-11-. The summed E-state index contributed by atoms with van der Waals surface area (Å²) in [5.41, 5.74) is -6.44. The molecular formula is C22H4F6N6O2. The number of rotatable bonds is 2. The Kier molecular flexibility index (Phi) is 7.42. The normalized spacial score (nSPS) is 19.0. The van der Waals surface area contributed by atoms with Gasteiger partial charge in [0.2, 0.25) is 0 Å². The molecule has 14 heteroatoms. The number of ether oxygens (including phenoxy) is 2. The topological polar surface area (TPSA) is 161 Å². The molecule has 0 saturated heterocycles. The van der Waals surface area contributed by atoms with Crippen LogP contribution in [-0.2, 0) is 9.47 Å². The average molecular weight is 498 g/mol. The van der Waals surface area contributed by atoms with E-state index in [9.17, 15) is 57.9 Å². The summed E-state index contributed by atoms with van der Waals surface area (Å²) in [7, 11) is 0. The first-order valence-corrected chi connectivity index (χ1v) is 8.86. The summed E-state index contributed by atoms with van der Waals surface area (Å²) in [6.07, 6.45) is -8.04. The molecule has 0 fully saturated rings. The van der Waals surface area contributed by atoms with Crippen molar-refractivity contribution in [3.8, 4) is 36.4 Å². The van der Waals surface area contributed by atoms with Crippen LogP contribution in [0.2, 0.25) is 0 Å². The number of nitriles is 6. The molecule has 0 unspecified atom stereocenters. The van der Waals surface area contributed by atoms with E-state index in [1.807, 2.05) is 0 Å². The lowest BCUT2D eigenvalue weighted by Crippen LogP contribution is -2.16. The lowest BCUT2D eigenvalue weighted by atomic mass is 9.98. The maximum Gasteiger partial charge on any atom is 0.573 e. The van der Waals surface area contributed by atoms with Crippen LogP contribution in [0, 0.1) is 68.0 Å². The highest BCUT2D eigenvalue weighted by Gasteiger charge is 2.41. The van der Waals surface area contributed by atoms with Gasteiger partial charge < -0.3 is 9.47 Å². The van der Waals surface area contributed by atoms with E-state index in [0.29, 0.717) is 12.2 Å². The zero-order valence-corrected chi connectivity index (χ0v) is 17.1. The van der Waals surface area contributed by atoms with Crippen LogP contribution in [0.1, 0.15) is 0 Å². The maximum atomic E-state index is 13.1. The third kappa shape index (κ3) is 5.43. The van der Waals surface area contributed by atoms with Crippen LogP contribution < -0.4 is 0 Å². The van der Waals surface area contributed by atoms with Crippen molar-refractivity contribution in [2.24, 2.45) is 0 Å². The smallest absolute Gasteiger partial charge is 0.404 e. The number of alkyl halides is 6. The zero-order valence-electron chi connectivity index (χ0n) is 17.1. The predicted molar refractivity (Wildman–Crippen MR) is 101 cm³/mol. The van der Waals surface area contributed by atoms with Gasteiger partial charge in [0.15, 0.2) is 11.5 Å². The zero-order chi connectivity index (χ0) is 27.3. The van der Waals surface area contributed by atoms with E-state index in [1.54, 1.807) is 0 Å². The first-order chi connectivity index (χ1) is 16.8. The molecule has 0 N–H and O–H groups in total. The minimum absolute atomic E-state index is 0.471. The van der Waals surface area contributed by atoms with Gasteiger partial charge in [0.1, 0.15) is 53.1 Å². The Labute approximate surface area is 197 Å². The summed E-state index contributed by atoms with van der Waals surface area (Å²) in [4.78, 5) is 0. The third-order valence-electron chi connectivity index (χ3n) is 4.24. The minimum Gasteiger partial charge on any atom is -0.404 e. The molecule has 0 bridgehead atoms. The Morgan fingerprint density at radius 3 is 1.56 bits per heavy atom. The molecular weight excluding hydrogens is 494 g/mol. The van der Waals surface area contributed by atoms with Gasteiger partial charge in [-0.25, -0.2) is 0 Å². The van der Waals surface area contributed by atoms with E-state index in [4.69, 9.17) is 0 Å². The highest BCUT2D eigenvalue weighted by Crippen LogP contribution is 2.44. The number of halogens is 6.